The van der Waals surface area contributed by atoms with Crippen LogP contribution in [-0.2, 0) is 19.1 Å². The van der Waals surface area contributed by atoms with Gasteiger partial charge in [0.2, 0.25) is 5.91 Å². The summed E-state index contributed by atoms with van der Waals surface area (Å²) in [6.07, 6.45) is -0.362. The molecule has 0 aromatic heterocycles. The zero-order valence-corrected chi connectivity index (χ0v) is 18.2. The van der Waals surface area contributed by atoms with Crippen LogP contribution in [0.25, 0.3) is 11.1 Å². The molecule has 2 aromatic carbocycles. The third kappa shape index (κ3) is 5.26. The number of aliphatic carboxylic acids is 1. The quantitative estimate of drug-likeness (QED) is 0.524. The summed E-state index contributed by atoms with van der Waals surface area (Å²) in [6, 6.07) is 15.0. The van der Waals surface area contributed by atoms with Crippen LogP contribution in [0.4, 0.5) is 4.79 Å². The molecule has 0 saturated carbocycles. The van der Waals surface area contributed by atoms with Gasteiger partial charge in [-0.15, -0.1) is 0 Å². The zero-order valence-electron chi connectivity index (χ0n) is 18.2. The Kier molecular flexibility index (Phi) is 7.83. The van der Waals surface area contributed by atoms with Crippen LogP contribution in [0.2, 0.25) is 0 Å². The van der Waals surface area contributed by atoms with Crippen LogP contribution in [-0.4, -0.2) is 56.0 Å². The lowest BCUT2D eigenvalue weighted by molar-refractivity contribution is -0.141. The molecule has 0 bridgehead atoms. The number of carboxylic acid groups (broad SMARTS) is 1. The van der Waals surface area contributed by atoms with E-state index >= 15 is 0 Å². The highest BCUT2D eigenvalue weighted by atomic mass is 16.5. The zero-order chi connectivity index (χ0) is 23.1. The number of benzene rings is 2. The molecule has 8 nitrogen and oxygen atoms in total. The van der Waals surface area contributed by atoms with Crippen molar-refractivity contribution in [1.82, 2.24) is 10.6 Å². The molecular weight excluding hydrogens is 412 g/mol. The van der Waals surface area contributed by atoms with Crippen LogP contribution in [0.3, 0.4) is 0 Å². The minimum atomic E-state index is -0.998. The molecule has 3 rings (SSSR count). The lowest BCUT2D eigenvalue weighted by atomic mass is 9.98. The Balaban J connectivity index is 1.60. The van der Waals surface area contributed by atoms with Gasteiger partial charge in [-0.1, -0.05) is 55.5 Å². The van der Waals surface area contributed by atoms with Crippen molar-refractivity contribution < 1.29 is 29.0 Å². The number of carbonyl (C=O) groups excluding carboxylic acids is 2. The number of ether oxygens (including phenoxy) is 2. The first-order chi connectivity index (χ1) is 15.5. The fraction of sp³-hybridized carbons (Fsp3) is 0.375. The van der Waals surface area contributed by atoms with Crippen molar-refractivity contribution >= 4 is 18.0 Å². The summed E-state index contributed by atoms with van der Waals surface area (Å²) >= 11 is 0. The third-order valence-electron chi connectivity index (χ3n) is 5.65. The van der Waals surface area contributed by atoms with Gasteiger partial charge in [-0.3, -0.25) is 9.59 Å². The molecular formula is C24H28N2O6. The summed E-state index contributed by atoms with van der Waals surface area (Å²) in [4.78, 5) is 36.0. The van der Waals surface area contributed by atoms with Gasteiger partial charge < -0.3 is 25.2 Å². The van der Waals surface area contributed by atoms with Gasteiger partial charge in [0, 0.05) is 19.6 Å². The van der Waals surface area contributed by atoms with E-state index < -0.39 is 29.9 Å². The highest BCUT2D eigenvalue weighted by molar-refractivity contribution is 5.86. The third-order valence-corrected chi connectivity index (χ3v) is 5.65. The van der Waals surface area contributed by atoms with Gasteiger partial charge in [0.05, 0.1) is 12.5 Å². The summed E-state index contributed by atoms with van der Waals surface area (Å²) in [5, 5.41) is 14.2. The molecule has 0 radical (unpaired) electrons. The molecule has 2 atom stereocenters. The molecule has 2 amide bonds. The summed E-state index contributed by atoms with van der Waals surface area (Å²) < 4.78 is 10.5. The van der Waals surface area contributed by atoms with Gasteiger partial charge >= 0.3 is 12.1 Å². The molecule has 32 heavy (non-hydrogen) atoms. The number of carboxylic acids is 1. The number of nitrogens with one attached hydrogen (secondary N) is 2. The van der Waals surface area contributed by atoms with E-state index in [-0.39, 0.29) is 25.7 Å². The van der Waals surface area contributed by atoms with E-state index in [2.05, 4.69) is 10.6 Å². The van der Waals surface area contributed by atoms with Crippen molar-refractivity contribution in [3.63, 3.8) is 0 Å². The van der Waals surface area contributed by atoms with E-state index in [1.54, 1.807) is 6.92 Å². The minimum Gasteiger partial charge on any atom is -0.481 e. The maximum atomic E-state index is 12.5. The largest absolute Gasteiger partial charge is 0.481 e. The topological polar surface area (TPSA) is 114 Å². The first-order valence-electron chi connectivity index (χ1n) is 10.6. The predicted molar refractivity (Wildman–Crippen MR) is 118 cm³/mol. The van der Waals surface area contributed by atoms with Crippen LogP contribution in [0.15, 0.2) is 48.5 Å². The number of carbonyl (C=O) groups is 3. The SMILES string of the molecule is CCC(CNC(=O)C(COC)NC(=O)OCC1c2ccccc2-c2ccccc21)C(=O)O. The van der Waals surface area contributed by atoms with Crippen molar-refractivity contribution in [3.8, 4) is 11.1 Å². The van der Waals surface area contributed by atoms with E-state index in [9.17, 15) is 14.4 Å². The van der Waals surface area contributed by atoms with Crippen LogP contribution < -0.4 is 10.6 Å². The Bertz CT molecular complexity index is 931. The maximum Gasteiger partial charge on any atom is 0.407 e. The number of hydrogen-bond donors (Lipinski definition) is 3. The molecule has 2 aromatic rings. The van der Waals surface area contributed by atoms with Crippen LogP contribution in [0.1, 0.15) is 30.4 Å². The number of amides is 2. The lowest BCUT2D eigenvalue weighted by Crippen LogP contribution is -2.50. The first-order valence-corrected chi connectivity index (χ1v) is 10.6. The second-order valence-electron chi connectivity index (χ2n) is 7.67. The second kappa shape index (κ2) is 10.8. The molecule has 0 saturated heterocycles. The average molecular weight is 440 g/mol. The number of hydrogen-bond acceptors (Lipinski definition) is 5. The van der Waals surface area contributed by atoms with E-state index in [0.717, 1.165) is 22.3 Å². The normalized spacial score (nSPS) is 14.1. The Morgan fingerprint density at radius 3 is 2.16 bits per heavy atom. The molecule has 2 unspecified atom stereocenters. The van der Waals surface area contributed by atoms with Gasteiger partial charge in [-0.05, 0) is 28.7 Å². The second-order valence-corrected chi connectivity index (χ2v) is 7.67. The molecule has 0 fully saturated rings. The van der Waals surface area contributed by atoms with Crippen molar-refractivity contribution in [2.45, 2.75) is 25.3 Å². The Morgan fingerprint density at radius 1 is 1.03 bits per heavy atom. The van der Waals surface area contributed by atoms with Gasteiger partial charge in [0.25, 0.3) is 0 Å². The molecule has 8 heteroatoms. The molecule has 1 aliphatic carbocycles. The number of rotatable bonds is 10. The maximum absolute atomic E-state index is 12.5. The fourth-order valence-corrected chi connectivity index (χ4v) is 3.89. The van der Waals surface area contributed by atoms with Crippen LogP contribution >= 0.6 is 0 Å². The van der Waals surface area contributed by atoms with Crippen LogP contribution in [0.5, 0.6) is 0 Å². The number of fused-ring (bicyclic) bond motifs is 3. The summed E-state index contributed by atoms with van der Waals surface area (Å²) in [5.41, 5.74) is 4.43. The molecule has 170 valence electrons. The smallest absolute Gasteiger partial charge is 0.407 e. The van der Waals surface area contributed by atoms with Gasteiger partial charge in [-0.2, -0.15) is 0 Å². The van der Waals surface area contributed by atoms with Crippen molar-refractivity contribution in [3.05, 3.63) is 59.7 Å². The fourth-order valence-electron chi connectivity index (χ4n) is 3.89. The highest BCUT2D eigenvalue weighted by Crippen LogP contribution is 2.44. The van der Waals surface area contributed by atoms with E-state index in [1.165, 1.54) is 7.11 Å². The summed E-state index contributed by atoms with van der Waals surface area (Å²) in [7, 11) is 1.41. The minimum absolute atomic E-state index is 0.0305. The summed E-state index contributed by atoms with van der Waals surface area (Å²) in [5.74, 6) is -2.30. The molecule has 0 spiro atoms. The average Bonchev–Trinajstić information content (AvgIpc) is 3.11. The van der Waals surface area contributed by atoms with Gasteiger partial charge in [0.1, 0.15) is 12.6 Å². The van der Waals surface area contributed by atoms with Crippen molar-refractivity contribution in [2.24, 2.45) is 5.92 Å². The van der Waals surface area contributed by atoms with E-state index in [0.29, 0.717) is 6.42 Å². The lowest BCUT2D eigenvalue weighted by Gasteiger charge is -2.20. The first kappa shape index (κ1) is 23.3. The molecule has 1 aliphatic rings. The van der Waals surface area contributed by atoms with Gasteiger partial charge in [-0.25, -0.2) is 4.79 Å². The molecule has 0 heterocycles. The Labute approximate surface area is 186 Å². The van der Waals surface area contributed by atoms with Crippen molar-refractivity contribution in [2.75, 3.05) is 26.9 Å². The van der Waals surface area contributed by atoms with E-state index in [4.69, 9.17) is 14.6 Å². The Hall–Kier alpha value is -3.39. The number of alkyl carbamates (subject to hydrolysis) is 1. The number of methoxy groups -OCH3 is 1. The predicted octanol–water partition coefficient (Wildman–Crippen LogP) is 2.77. The standard InChI is InChI=1S/C24H28N2O6/c1-3-15(23(28)29)12-25-22(27)21(14-31-2)26-24(30)32-13-20-18-10-6-4-8-16(18)17-9-5-7-11-19(17)20/h4-11,15,20-21H,3,12-14H2,1-2H3,(H,25,27)(H,26,30)(H,28,29). The van der Waals surface area contributed by atoms with Crippen molar-refractivity contribution in [1.29, 1.82) is 0 Å². The van der Waals surface area contributed by atoms with Crippen LogP contribution in [0, 0.1) is 5.92 Å². The summed E-state index contributed by atoms with van der Waals surface area (Å²) in [6.45, 7) is 1.75. The highest BCUT2D eigenvalue weighted by Gasteiger charge is 2.30. The van der Waals surface area contributed by atoms with Gasteiger partial charge in [0.15, 0.2) is 0 Å². The molecule has 0 aliphatic heterocycles. The molecule has 3 N–H and O–H groups in total. The van der Waals surface area contributed by atoms with E-state index in [1.807, 2.05) is 48.5 Å². The Morgan fingerprint density at radius 2 is 1.62 bits per heavy atom. The monoisotopic (exact) mass is 440 g/mol.